The lowest BCUT2D eigenvalue weighted by Gasteiger charge is -2.14. The number of benzene rings is 2. The highest BCUT2D eigenvalue weighted by atomic mass is 32.2. The molecule has 0 bridgehead atoms. The smallest absolute Gasteiger partial charge is 0.300 e. The maximum Gasteiger partial charge on any atom is 0.300 e. The number of aromatic nitrogens is 3. The Morgan fingerprint density at radius 3 is 2.81 bits per heavy atom. The van der Waals surface area contributed by atoms with Crippen molar-refractivity contribution in [3.63, 3.8) is 0 Å². The van der Waals surface area contributed by atoms with Crippen LogP contribution in [-0.4, -0.2) is 31.6 Å². The summed E-state index contributed by atoms with van der Waals surface area (Å²) in [6, 6.07) is 11.1. The van der Waals surface area contributed by atoms with E-state index >= 15 is 0 Å². The van der Waals surface area contributed by atoms with Gasteiger partial charge < -0.3 is 13.9 Å². The largest absolute Gasteiger partial charge is 0.493 e. The zero-order valence-corrected chi connectivity index (χ0v) is 17.8. The number of anilines is 2. The van der Waals surface area contributed by atoms with Crippen molar-refractivity contribution < 1.29 is 18.1 Å². The number of methoxy groups -OCH3 is 1. The third kappa shape index (κ3) is 4.44. The molecule has 31 heavy (non-hydrogen) atoms. The van der Waals surface area contributed by atoms with Gasteiger partial charge in [-0.15, -0.1) is 0 Å². The Kier molecular flexibility index (Phi) is 5.74. The van der Waals surface area contributed by atoms with Gasteiger partial charge in [0.15, 0.2) is 11.5 Å². The monoisotopic (exact) mass is 439 g/mol. The first kappa shape index (κ1) is 20.6. The summed E-state index contributed by atoms with van der Waals surface area (Å²) in [5.74, 6) is 1.55. The van der Waals surface area contributed by atoms with Crippen molar-refractivity contribution in [2.45, 2.75) is 18.4 Å². The molecule has 160 valence electrons. The normalized spacial score (nSPS) is 12.9. The van der Waals surface area contributed by atoms with Crippen LogP contribution in [0.2, 0.25) is 0 Å². The molecule has 2 heterocycles. The van der Waals surface area contributed by atoms with E-state index < -0.39 is 9.71 Å². The highest BCUT2D eigenvalue weighted by Gasteiger charge is 2.13. The summed E-state index contributed by atoms with van der Waals surface area (Å²) in [6.45, 7) is 1.92. The number of hydrogen-bond donors (Lipinski definition) is 2. The SMILES string of the molecule is CC=S(N)(=O)c1cccc(COc2cc3ncnc(Nc4ncco4)c3cc2OC)c1. The van der Waals surface area contributed by atoms with Crippen LogP contribution in [0.3, 0.4) is 0 Å². The predicted molar refractivity (Wildman–Crippen MR) is 119 cm³/mol. The lowest BCUT2D eigenvalue weighted by Crippen LogP contribution is -2.15. The average Bonchev–Trinajstić information content (AvgIpc) is 3.30. The first-order chi connectivity index (χ1) is 15.0. The van der Waals surface area contributed by atoms with Crippen LogP contribution >= 0.6 is 0 Å². The van der Waals surface area contributed by atoms with Crippen molar-refractivity contribution in [2.75, 3.05) is 12.4 Å². The number of fused-ring (bicyclic) bond motifs is 1. The Morgan fingerprint density at radius 1 is 1.19 bits per heavy atom. The van der Waals surface area contributed by atoms with Crippen LogP contribution in [0, 0.1) is 0 Å². The van der Waals surface area contributed by atoms with Gasteiger partial charge in [0.05, 0.1) is 28.5 Å². The molecule has 0 fully saturated rings. The van der Waals surface area contributed by atoms with Gasteiger partial charge in [0.1, 0.15) is 25.0 Å². The second-order valence-corrected chi connectivity index (χ2v) is 8.76. The molecule has 0 radical (unpaired) electrons. The molecular weight excluding hydrogens is 418 g/mol. The number of nitrogens with two attached hydrogens (primary N) is 1. The van der Waals surface area contributed by atoms with E-state index in [2.05, 4.69) is 20.3 Å². The lowest BCUT2D eigenvalue weighted by molar-refractivity contribution is 0.285. The molecule has 3 N–H and O–H groups in total. The predicted octanol–water partition coefficient (Wildman–Crippen LogP) is 3.29. The molecule has 4 rings (SSSR count). The van der Waals surface area contributed by atoms with Crippen LogP contribution in [0.4, 0.5) is 11.8 Å². The summed E-state index contributed by atoms with van der Waals surface area (Å²) in [5, 5.41) is 11.1. The second-order valence-electron chi connectivity index (χ2n) is 6.52. The zero-order chi connectivity index (χ0) is 21.8. The fourth-order valence-electron chi connectivity index (χ4n) is 2.95. The van der Waals surface area contributed by atoms with Gasteiger partial charge in [0.25, 0.3) is 6.01 Å². The summed E-state index contributed by atoms with van der Waals surface area (Å²) in [5.41, 5.74) is 1.48. The molecule has 9 nitrogen and oxygen atoms in total. The Bertz CT molecular complexity index is 1330. The highest BCUT2D eigenvalue weighted by Crippen LogP contribution is 2.35. The van der Waals surface area contributed by atoms with Crippen LogP contribution in [0.25, 0.3) is 10.9 Å². The Balaban J connectivity index is 1.63. The molecule has 0 aliphatic heterocycles. The molecule has 0 saturated heterocycles. The Hall–Kier alpha value is -3.63. The van der Waals surface area contributed by atoms with Crippen molar-refractivity contribution in [1.29, 1.82) is 0 Å². The molecule has 1 unspecified atom stereocenters. The van der Waals surface area contributed by atoms with Crippen LogP contribution in [0.5, 0.6) is 11.5 Å². The molecule has 10 heteroatoms. The third-order valence-corrected chi connectivity index (χ3v) is 6.28. The van der Waals surface area contributed by atoms with E-state index in [9.17, 15) is 4.21 Å². The molecule has 0 aliphatic carbocycles. The third-order valence-electron chi connectivity index (χ3n) is 4.59. The van der Waals surface area contributed by atoms with Gasteiger partial charge in [-0.2, -0.15) is 0 Å². The fraction of sp³-hybridized carbons (Fsp3) is 0.143. The number of oxazole rings is 1. The zero-order valence-electron chi connectivity index (χ0n) is 16.9. The van der Waals surface area contributed by atoms with Gasteiger partial charge in [-0.05, 0) is 36.1 Å². The summed E-state index contributed by atoms with van der Waals surface area (Å²) < 4.78 is 29.1. The standard InChI is InChI=1S/C21H21N5O4S/c1-3-31(22,27)15-6-4-5-14(9-15)12-30-19-11-17-16(10-18(19)28-2)20(25-13-24-17)26-21-23-7-8-29-21/h3-11,13H,12H2,1-2H3,(H2,22,27)(H,23,24,25,26). The number of hydrogen-bond acceptors (Lipinski definition) is 8. The molecule has 1 atom stereocenters. The Labute approximate surface area is 179 Å². The molecule has 0 saturated carbocycles. The molecular formula is C21H21N5O4S. The van der Waals surface area contributed by atoms with Gasteiger partial charge >= 0.3 is 0 Å². The van der Waals surface area contributed by atoms with Crippen LogP contribution in [0.1, 0.15) is 12.5 Å². The average molecular weight is 439 g/mol. The second kappa shape index (κ2) is 8.62. The minimum absolute atomic E-state index is 0.238. The molecule has 4 aromatic rings. The number of rotatable bonds is 7. The van der Waals surface area contributed by atoms with Crippen LogP contribution in [0.15, 0.2) is 64.5 Å². The maximum atomic E-state index is 12.4. The summed E-state index contributed by atoms with van der Waals surface area (Å²) in [6.07, 6.45) is 4.44. The van der Waals surface area contributed by atoms with E-state index in [1.807, 2.05) is 6.07 Å². The molecule has 2 aromatic carbocycles. The minimum atomic E-state index is -2.66. The minimum Gasteiger partial charge on any atom is -0.493 e. The maximum absolute atomic E-state index is 12.4. The van der Waals surface area contributed by atoms with Crippen LogP contribution < -0.4 is 19.9 Å². The lowest BCUT2D eigenvalue weighted by atomic mass is 10.2. The van der Waals surface area contributed by atoms with E-state index in [1.165, 1.54) is 24.2 Å². The highest BCUT2D eigenvalue weighted by molar-refractivity contribution is 7.99. The van der Waals surface area contributed by atoms with Crippen molar-refractivity contribution >= 4 is 37.8 Å². The molecule has 0 amide bonds. The molecule has 2 aromatic heterocycles. The summed E-state index contributed by atoms with van der Waals surface area (Å²) >= 11 is 0. The summed E-state index contributed by atoms with van der Waals surface area (Å²) in [4.78, 5) is 13.2. The van der Waals surface area contributed by atoms with Gasteiger partial charge in [0.2, 0.25) is 0 Å². The molecule has 0 spiro atoms. The van der Waals surface area contributed by atoms with Gasteiger partial charge in [-0.3, -0.25) is 10.5 Å². The van der Waals surface area contributed by atoms with E-state index in [0.29, 0.717) is 39.1 Å². The van der Waals surface area contributed by atoms with E-state index in [0.717, 1.165) is 5.56 Å². The van der Waals surface area contributed by atoms with Crippen LogP contribution in [-0.2, 0) is 16.3 Å². The van der Waals surface area contributed by atoms with E-state index in [1.54, 1.807) is 44.4 Å². The van der Waals surface area contributed by atoms with Crippen molar-refractivity contribution in [1.82, 2.24) is 15.0 Å². The quantitative estimate of drug-likeness (QED) is 0.420. The van der Waals surface area contributed by atoms with Crippen molar-refractivity contribution in [3.8, 4) is 11.5 Å². The summed E-state index contributed by atoms with van der Waals surface area (Å²) in [7, 11) is -1.11. The topological polar surface area (TPSA) is 125 Å². The van der Waals surface area contributed by atoms with Gasteiger partial charge in [-0.1, -0.05) is 12.1 Å². The first-order valence-corrected chi connectivity index (χ1v) is 11.0. The van der Waals surface area contributed by atoms with E-state index in [-0.39, 0.29) is 6.61 Å². The number of ether oxygens (including phenoxy) is 2. The van der Waals surface area contributed by atoms with Crippen molar-refractivity contribution in [2.24, 2.45) is 5.14 Å². The fourth-order valence-corrected chi connectivity index (χ4v) is 3.85. The Morgan fingerprint density at radius 2 is 2.06 bits per heavy atom. The van der Waals surface area contributed by atoms with Crippen molar-refractivity contribution in [3.05, 3.63) is 60.7 Å². The number of nitrogens with one attached hydrogen (secondary N) is 1. The number of nitrogens with zero attached hydrogens (tertiary/aromatic N) is 3. The van der Waals surface area contributed by atoms with E-state index in [4.69, 9.17) is 19.0 Å². The van der Waals surface area contributed by atoms with Gasteiger partial charge in [0, 0.05) is 16.3 Å². The first-order valence-electron chi connectivity index (χ1n) is 9.32. The van der Waals surface area contributed by atoms with Gasteiger partial charge in [-0.25, -0.2) is 19.2 Å². The molecule has 0 aliphatic rings.